The number of hydrogen-bond donors (Lipinski definition) is 2. The Morgan fingerprint density at radius 3 is 2.64 bits per heavy atom. The number of unbranched alkanes of at least 4 members (excludes halogenated alkanes) is 1. The van der Waals surface area contributed by atoms with Crippen LogP contribution >= 0.6 is 0 Å². The van der Waals surface area contributed by atoms with Gasteiger partial charge in [-0.2, -0.15) is 0 Å². The second-order valence-electron chi connectivity index (χ2n) is 7.27. The maximum Gasteiger partial charge on any atom is 0.188 e. The van der Waals surface area contributed by atoms with Gasteiger partial charge in [-0.15, -0.1) is 0 Å². The molecule has 0 saturated carbocycles. The summed E-state index contributed by atoms with van der Waals surface area (Å²) < 4.78 is 0. The molecular weight excluding hydrogens is 308 g/mol. The van der Waals surface area contributed by atoms with E-state index in [2.05, 4.69) is 52.1 Å². The number of guanidine groups is 1. The predicted octanol–water partition coefficient (Wildman–Crippen LogP) is 3.20. The third kappa shape index (κ3) is 8.21. The average Bonchev–Trinajstić information content (AvgIpc) is 2.62. The summed E-state index contributed by atoms with van der Waals surface area (Å²) in [6.45, 7) is 11.0. The first-order valence-corrected chi connectivity index (χ1v) is 9.58. The van der Waals surface area contributed by atoms with Crippen LogP contribution in [0.25, 0.3) is 0 Å². The lowest BCUT2D eigenvalue weighted by molar-refractivity contribution is 0.181. The Balaban J connectivity index is 1.52. The lowest BCUT2D eigenvalue weighted by atomic mass is 9.90. The van der Waals surface area contributed by atoms with Crippen molar-refractivity contribution in [3.05, 3.63) is 48.0 Å². The highest BCUT2D eigenvalue weighted by atomic mass is 15.1. The molecule has 2 rings (SSSR count). The molecule has 0 bridgehead atoms. The van der Waals surface area contributed by atoms with Crippen LogP contribution < -0.4 is 11.1 Å². The van der Waals surface area contributed by atoms with Crippen LogP contribution in [0.15, 0.2) is 47.5 Å². The van der Waals surface area contributed by atoms with Gasteiger partial charge in [0.05, 0.1) is 6.54 Å². The monoisotopic (exact) mass is 342 g/mol. The summed E-state index contributed by atoms with van der Waals surface area (Å²) in [7, 11) is 0. The molecule has 3 N–H and O–H groups in total. The Kier molecular flexibility index (Phi) is 8.53. The maximum absolute atomic E-state index is 5.81. The van der Waals surface area contributed by atoms with Crippen molar-refractivity contribution in [2.75, 3.05) is 32.7 Å². The van der Waals surface area contributed by atoms with Crippen LogP contribution in [0.3, 0.4) is 0 Å². The topological polar surface area (TPSA) is 53.6 Å². The number of aliphatic imine (C=N–C) groups is 1. The Morgan fingerprint density at radius 1 is 1.24 bits per heavy atom. The molecule has 1 aromatic rings. The van der Waals surface area contributed by atoms with Crippen LogP contribution in [0.4, 0.5) is 0 Å². The van der Waals surface area contributed by atoms with E-state index < -0.39 is 0 Å². The summed E-state index contributed by atoms with van der Waals surface area (Å²) in [5.41, 5.74) is 8.33. The van der Waals surface area contributed by atoms with Gasteiger partial charge in [0.25, 0.3) is 0 Å². The third-order valence-electron chi connectivity index (χ3n) is 4.80. The van der Waals surface area contributed by atoms with Gasteiger partial charge in [0.1, 0.15) is 0 Å². The normalized spacial score (nSPS) is 16.8. The van der Waals surface area contributed by atoms with Crippen molar-refractivity contribution in [3.63, 3.8) is 0 Å². The molecule has 4 heteroatoms. The van der Waals surface area contributed by atoms with Gasteiger partial charge in [-0.1, -0.05) is 42.5 Å². The molecule has 1 saturated heterocycles. The maximum atomic E-state index is 5.81. The van der Waals surface area contributed by atoms with Crippen LogP contribution in [0.5, 0.6) is 0 Å². The van der Waals surface area contributed by atoms with E-state index in [0.29, 0.717) is 12.5 Å². The van der Waals surface area contributed by atoms with Gasteiger partial charge in [0.2, 0.25) is 0 Å². The van der Waals surface area contributed by atoms with Crippen molar-refractivity contribution >= 4 is 5.96 Å². The van der Waals surface area contributed by atoms with E-state index in [4.69, 9.17) is 5.73 Å². The van der Waals surface area contributed by atoms with E-state index >= 15 is 0 Å². The third-order valence-corrected chi connectivity index (χ3v) is 4.80. The first-order chi connectivity index (χ1) is 12.1. The van der Waals surface area contributed by atoms with Crippen LogP contribution in [0.1, 0.15) is 38.2 Å². The van der Waals surface area contributed by atoms with Crippen molar-refractivity contribution in [3.8, 4) is 0 Å². The zero-order chi connectivity index (χ0) is 17.9. The van der Waals surface area contributed by atoms with Crippen LogP contribution in [0.2, 0.25) is 0 Å². The first kappa shape index (κ1) is 19.5. The Morgan fingerprint density at radius 2 is 1.96 bits per heavy atom. The highest BCUT2D eigenvalue weighted by Crippen LogP contribution is 2.21. The number of benzene rings is 1. The van der Waals surface area contributed by atoms with Gasteiger partial charge >= 0.3 is 0 Å². The Bertz CT molecular complexity index is 530. The number of nitrogens with one attached hydrogen (secondary N) is 1. The summed E-state index contributed by atoms with van der Waals surface area (Å²) in [4.78, 5) is 6.84. The second-order valence-corrected chi connectivity index (χ2v) is 7.27. The van der Waals surface area contributed by atoms with Gasteiger partial charge in [0, 0.05) is 6.54 Å². The van der Waals surface area contributed by atoms with Crippen molar-refractivity contribution in [1.29, 1.82) is 0 Å². The highest BCUT2D eigenvalue weighted by molar-refractivity contribution is 5.77. The SMILES string of the molecule is C=C(C)CN=C(N)NCCCCN1CCC(Cc2ccccc2)CC1. The summed E-state index contributed by atoms with van der Waals surface area (Å²) in [6.07, 6.45) is 6.24. The molecule has 1 aromatic carbocycles. The molecule has 1 heterocycles. The second kappa shape index (κ2) is 10.9. The molecule has 0 atom stereocenters. The smallest absolute Gasteiger partial charge is 0.188 e. The Labute approximate surface area is 153 Å². The molecule has 1 aliphatic rings. The molecule has 138 valence electrons. The highest BCUT2D eigenvalue weighted by Gasteiger charge is 2.18. The molecule has 0 amide bonds. The quantitative estimate of drug-likeness (QED) is 0.314. The predicted molar refractivity (Wildman–Crippen MR) is 108 cm³/mol. The van der Waals surface area contributed by atoms with E-state index in [-0.39, 0.29) is 0 Å². The Hall–Kier alpha value is -1.81. The zero-order valence-electron chi connectivity index (χ0n) is 15.7. The fourth-order valence-electron chi connectivity index (χ4n) is 3.31. The number of hydrogen-bond acceptors (Lipinski definition) is 2. The molecule has 0 aliphatic carbocycles. The van der Waals surface area contributed by atoms with Crippen LogP contribution in [-0.2, 0) is 6.42 Å². The first-order valence-electron chi connectivity index (χ1n) is 9.58. The lowest BCUT2D eigenvalue weighted by Gasteiger charge is -2.32. The van der Waals surface area contributed by atoms with E-state index in [1.165, 1.54) is 50.9 Å². The molecule has 1 fully saturated rings. The average molecular weight is 343 g/mol. The van der Waals surface area contributed by atoms with E-state index in [0.717, 1.165) is 24.5 Å². The summed E-state index contributed by atoms with van der Waals surface area (Å²) in [6, 6.07) is 10.9. The van der Waals surface area contributed by atoms with Gasteiger partial charge in [-0.3, -0.25) is 0 Å². The van der Waals surface area contributed by atoms with Crippen molar-refractivity contribution in [2.45, 2.75) is 39.0 Å². The largest absolute Gasteiger partial charge is 0.370 e. The molecule has 0 radical (unpaired) electrons. The number of rotatable bonds is 9. The molecular formula is C21H34N4. The van der Waals surface area contributed by atoms with Gasteiger partial charge in [-0.25, -0.2) is 4.99 Å². The van der Waals surface area contributed by atoms with Crippen molar-refractivity contribution in [1.82, 2.24) is 10.2 Å². The van der Waals surface area contributed by atoms with Crippen LogP contribution in [-0.4, -0.2) is 43.6 Å². The molecule has 4 nitrogen and oxygen atoms in total. The van der Waals surface area contributed by atoms with E-state index in [1.807, 2.05) is 6.92 Å². The van der Waals surface area contributed by atoms with E-state index in [1.54, 1.807) is 0 Å². The van der Waals surface area contributed by atoms with Gasteiger partial charge in [-0.05, 0) is 70.1 Å². The van der Waals surface area contributed by atoms with Crippen molar-refractivity contribution < 1.29 is 0 Å². The number of nitrogens with two attached hydrogens (primary N) is 1. The standard InChI is InChI=1S/C21H34N4/c1-18(2)17-24-21(22)23-12-6-7-13-25-14-10-20(11-15-25)16-19-8-4-3-5-9-19/h3-5,8-9,20H,1,6-7,10-17H2,2H3,(H3,22,23,24). The fourth-order valence-corrected chi connectivity index (χ4v) is 3.31. The number of piperidine rings is 1. The molecule has 0 unspecified atom stereocenters. The molecule has 0 aromatic heterocycles. The molecule has 0 spiro atoms. The molecule has 25 heavy (non-hydrogen) atoms. The minimum absolute atomic E-state index is 0.532. The summed E-state index contributed by atoms with van der Waals surface area (Å²) in [5.74, 6) is 1.38. The zero-order valence-corrected chi connectivity index (χ0v) is 15.7. The summed E-state index contributed by atoms with van der Waals surface area (Å²) in [5, 5.41) is 3.18. The minimum Gasteiger partial charge on any atom is -0.370 e. The summed E-state index contributed by atoms with van der Waals surface area (Å²) >= 11 is 0. The molecule has 1 aliphatic heterocycles. The lowest BCUT2D eigenvalue weighted by Crippen LogP contribution is -2.36. The van der Waals surface area contributed by atoms with Gasteiger partial charge < -0.3 is 16.0 Å². The fraction of sp³-hybridized carbons (Fsp3) is 0.571. The number of likely N-dealkylation sites (tertiary alicyclic amines) is 1. The van der Waals surface area contributed by atoms with Crippen LogP contribution in [0, 0.1) is 5.92 Å². The van der Waals surface area contributed by atoms with Crippen molar-refractivity contribution in [2.24, 2.45) is 16.6 Å². The number of nitrogens with zero attached hydrogens (tertiary/aromatic N) is 2. The van der Waals surface area contributed by atoms with E-state index in [9.17, 15) is 0 Å². The minimum atomic E-state index is 0.532. The van der Waals surface area contributed by atoms with Gasteiger partial charge in [0.15, 0.2) is 5.96 Å².